The average molecular weight is 577 g/mol. The van der Waals surface area contributed by atoms with Crippen LogP contribution in [0.1, 0.15) is 49.2 Å². The second kappa shape index (κ2) is 12.7. The van der Waals surface area contributed by atoms with Crippen molar-refractivity contribution in [1.82, 2.24) is 14.8 Å². The third-order valence-electron chi connectivity index (χ3n) is 6.04. The minimum absolute atomic E-state index is 0.282. The Hall–Kier alpha value is -4.56. The van der Waals surface area contributed by atoms with E-state index >= 15 is 0 Å². The highest BCUT2D eigenvalue weighted by molar-refractivity contribution is 7.80. The maximum absolute atomic E-state index is 12.5. The maximum atomic E-state index is 12.5. The largest absolute Gasteiger partial charge is 0.573 e. The molecule has 1 aromatic heterocycles. The molecule has 0 fully saturated rings. The summed E-state index contributed by atoms with van der Waals surface area (Å²) in [6, 6.07) is 20.8. The van der Waals surface area contributed by atoms with Crippen LogP contribution in [0.3, 0.4) is 0 Å². The normalized spacial score (nSPS) is 11.6. The molecule has 0 amide bonds. The standard InChI is InChI=1S/C30H27F3N6OS/c1-4-27-37-29(38-39(27)22-10-12-23(13-11-22)40-30(31,32)33)25-14-9-20(15-21(25)16-34)17-35-18-28(41)36-26-8-6-5-7-24(26)19(2)3/h5-15,17,19H,4,18H2,1-3H3,(H,36,41). The second-order valence-corrected chi connectivity index (χ2v) is 9.83. The predicted octanol–water partition coefficient (Wildman–Crippen LogP) is 7.25. The Morgan fingerprint density at radius 1 is 1.15 bits per heavy atom. The van der Waals surface area contributed by atoms with Gasteiger partial charge in [0.2, 0.25) is 0 Å². The summed E-state index contributed by atoms with van der Waals surface area (Å²) in [7, 11) is 0. The van der Waals surface area contributed by atoms with Crippen molar-refractivity contribution in [2.24, 2.45) is 4.99 Å². The zero-order valence-corrected chi connectivity index (χ0v) is 23.4. The smallest absolute Gasteiger partial charge is 0.406 e. The Morgan fingerprint density at radius 2 is 1.88 bits per heavy atom. The molecule has 41 heavy (non-hydrogen) atoms. The van der Waals surface area contributed by atoms with Crippen molar-refractivity contribution in [2.75, 3.05) is 11.9 Å². The van der Waals surface area contributed by atoms with Crippen LogP contribution >= 0.6 is 12.2 Å². The maximum Gasteiger partial charge on any atom is 0.573 e. The number of nitrogens with one attached hydrogen (secondary N) is 1. The summed E-state index contributed by atoms with van der Waals surface area (Å²) in [6.07, 6.45) is -2.61. The summed E-state index contributed by atoms with van der Waals surface area (Å²) in [5.41, 5.74) is 4.24. The van der Waals surface area contributed by atoms with E-state index in [1.807, 2.05) is 25.1 Å². The van der Waals surface area contributed by atoms with E-state index < -0.39 is 6.36 Å². The number of hydrogen-bond acceptors (Lipinski definition) is 6. The molecule has 0 aliphatic carbocycles. The Balaban J connectivity index is 1.50. The Bertz CT molecular complexity index is 1600. The first-order chi connectivity index (χ1) is 19.6. The van der Waals surface area contributed by atoms with Crippen molar-refractivity contribution in [3.8, 4) is 28.9 Å². The van der Waals surface area contributed by atoms with Gasteiger partial charge in [-0.05, 0) is 59.5 Å². The molecular weight excluding hydrogens is 549 g/mol. The van der Waals surface area contributed by atoms with Crippen LogP contribution in [-0.4, -0.2) is 38.9 Å². The molecule has 11 heteroatoms. The molecule has 0 unspecified atom stereocenters. The van der Waals surface area contributed by atoms with Crippen molar-refractivity contribution in [3.63, 3.8) is 0 Å². The summed E-state index contributed by atoms with van der Waals surface area (Å²) in [5, 5.41) is 17.6. The molecule has 4 rings (SSSR count). The molecule has 0 radical (unpaired) electrons. The molecule has 7 nitrogen and oxygen atoms in total. The Kier molecular flexibility index (Phi) is 9.14. The molecule has 4 aromatic rings. The molecule has 0 aliphatic rings. The fraction of sp³-hybridized carbons (Fsp3) is 0.233. The van der Waals surface area contributed by atoms with Crippen LogP contribution in [0, 0.1) is 11.3 Å². The number of para-hydroxylation sites is 1. The molecular formula is C30H27F3N6OS. The first-order valence-corrected chi connectivity index (χ1v) is 13.2. The second-order valence-electron chi connectivity index (χ2n) is 9.34. The van der Waals surface area contributed by atoms with Crippen molar-refractivity contribution in [2.45, 2.75) is 39.5 Å². The molecule has 0 aliphatic heterocycles. The number of thiocarbonyl (C=S) groups is 1. The van der Waals surface area contributed by atoms with Crippen molar-refractivity contribution in [3.05, 3.63) is 89.2 Å². The van der Waals surface area contributed by atoms with E-state index in [0.717, 1.165) is 5.69 Å². The third kappa shape index (κ3) is 7.55. The molecule has 0 bridgehead atoms. The van der Waals surface area contributed by atoms with E-state index in [0.29, 0.717) is 51.4 Å². The molecule has 1 heterocycles. The first kappa shape index (κ1) is 29.4. The summed E-state index contributed by atoms with van der Waals surface area (Å²) in [5.74, 6) is 0.923. The molecule has 1 N–H and O–H groups in total. The van der Waals surface area contributed by atoms with Crippen LogP contribution in [0.2, 0.25) is 0 Å². The minimum atomic E-state index is -4.77. The van der Waals surface area contributed by atoms with Crippen molar-refractivity contribution < 1.29 is 17.9 Å². The Labute approximate surface area is 241 Å². The van der Waals surface area contributed by atoms with Gasteiger partial charge in [0.05, 0.1) is 23.9 Å². The van der Waals surface area contributed by atoms with Crippen LogP contribution in [0.25, 0.3) is 17.1 Å². The van der Waals surface area contributed by atoms with Gasteiger partial charge in [0.15, 0.2) is 5.82 Å². The van der Waals surface area contributed by atoms with Crippen LogP contribution < -0.4 is 10.1 Å². The highest BCUT2D eigenvalue weighted by Gasteiger charge is 2.31. The first-order valence-electron chi connectivity index (χ1n) is 12.8. The van der Waals surface area contributed by atoms with Crippen LogP contribution in [0.4, 0.5) is 18.9 Å². The van der Waals surface area contributed by atoms with Crippen molar-refractivity contribution >= 4 is 29.1 Å². The number of nitriles is 1. The highest BCUT2D eigenvalue weighted by Crippen LogP contribution is 2.27. The van der Waals surface area contributed by atoms with E-state index in [9.17, 15) is 18.4 Å². The van der Waals surface area contributed by atoms with E-state index in [4.69, 9.17) is 12.2 Å². The summed E-state index contributed by atoms with van der Waals surface area (Å²) in [4.78, 5) is 9.58. The van der Waals surface area contributed by atoms with E-state index in [-0.39, 0.29) is 12.3 Å². The summed E-state index contributed by atoms with van der Waals surface area (Å²) >= 11 is 5.47. The molecule has 0 atom stereocenters. The van der Waals surface area contributed by atoms with Crippen LogP contribution in [0.15, 0.2) is 71.7 Å². The van der Waals surface area contributed by atoms with E-state index in [1.54, 1.807) is 24.4 Å². The third-order valence-corrected chi connectivity index (χ3v) is 6.27. The topological polar surface area (TPSA) is 88.1 Å². The average Bonchev–Trinajstić information content (AvgIpc) is 3.37. The minimum Gasteiger partial charge on any atom is -0.406 e. The number of aliphatic imine (C=N–C) groups is 1. The summed E-state index contributed by atoms with van der Waals surface area (Å²) in [6.45, 7) is 6.41. The van der Waals surface area contributed by atoms with E-state index in [1.165, 1.54) is 34.5 Å². The molecule has 210 valence electrons. The van der Waals surface area contributed by atoms with Gasteiger partial charge in [0, 0.05) is 23.9 Å². The number of hydrogen-bond donors (Lipinski definition) is 1. The van der Waals surface area contributed by atoms with Gasteiger partial charge in [-0.25, -0.2) is 9.67 Å². The number of anilines is 1. The van der Waals surface area contributed by atoms with Gasteiger partial charge in [-0.3, -0.25) is 4.99 Å². The highest BCUT2D eigenvalue weighted by atomic mass is 32.1. The fourth-order valence-corrected chi connectivity index (χ4v) is 4.34. The van der Waals surface area contributed by atoms with E-state index in [2.05, 4.69) is 51.1 Å². The number of aromatic nitrogens is 3. The Morgan fingerprint density at radius 3 is 2.54 bits per heavy atom. The monoisotopic (exact) mass is 576 g/mol. The lowest BCUT2D eigenvalue weighted by molar-refractivity contribution is -0.274. The number of aryl methyl sites for hydroxylation is 1. The quantitative estimate of drug-likeness (QED) is 0.167. The number of alkyl halides is 3. The van der Waals surface area contributed by atoms with Gasteiger partial charge in [0.25, 0.3) is 0 Å². The summed E-state index contributed by atoms with van der Waals surface area (Å²) < 4.78 is 43.0. The number of rotatable bonds is 9. The van der Waals surface area contributed by atoms with Gasteiger partial charge in [-0.2, -0.15) is 5.26 Å². The van der Waals surface area contributed by atoms with Crippen molar-refractivity contribution in [1.29, 1.82) is 5.26 Å². The number of benzene rings is 3. The lowest BCUT2D eigenvalue weighted by Gasteiger charge is -2.14. The number of nitrogens with zero attached hydrogens (tertiary/aromatic N) is 5. The fourth-order valence-electron chi connectivity index (χ4n) is 4.15. The zero-order valence-electron chi connectivity index (χ0n) is 22.6. The van der Waals surface area contributed by atoms with Gasteiger partial charge >= 0.3 is 6.36 Å². The molecule has 3 aromatic carbocycles. The number of halogens is 3. The molecule has 0 spiro atoms. The lowest BCUT2D eigenvalue weighted by atomic mass is 10.0. The van der Waals surface area contributed by atoms with Gasteiger partial charge in [-0.1, -0.05) is 57.3 Å². The lowest BCUT2D eigenvalue weighted by Crippen LogP contribution is -2.17. The zero-order chi connectivity index (χ0) is 29.6. The molecule has 0 saturated heterocycles. The van der Waals surface area contributed by atoms with Gasteiger partial charge in [0.1, 0.15) is 16.6 Å². The molecule has 0 saturated carbocycles. The van der Waals surface area contributed by atoms with Crippen LogP contribution in [-0.2, 0) is 6.42 Å². The van der Waals surface area contributed by atoms with Gasteiger partial charge in [-0.15, -0.1) is 18.3 Å². The van der Waals surface area contributed by atoms with Crippen LogP contribution in [0.5, 0.6) is 5.75 Å². The van der Waals surface area contributed by atoms with Gasteiger partial charge < -0.3 is 10.1 Å². The predicted molar refractivity (Wildman–Crippen MR) is 157 cm³/mol. The number of ether oxygens (including phenoxy) is 1. The SMILES string of the molecule is CCc1nc(-c2ccc(C=NCC(=S)Nc3ccccc3C(C)C)cc2C#N)nn1-c1ccc(OC(F)(F)F)cc1.